The number of aryl methyl sites for hydroxylation is 1. The number of carbonyl (C=O) groups excluding carboxylic acids is 1. The molecule has 0 radical (unpaired) electrons. The first kappa shape index (κ1) is 17.7. The smallest absolute Gasteiger partial charge is 0.220 e. The number of aliphatic hydroxyl groups is 1. The van der Waals surface area contributed by atoms with E-state index in [0.29, 0.717) is 12.8 Å². The van der Waals surface area contributed by atoms with Crippen LogP contribution in [0.25, 0.3) is 22.2 Å². The monoisotopic (exact) mass is 366 g/mol. The molecule has 0 bridgehead atoms. The second-order valence-corrected chi connectivity index (χ2v) is 7.20. The van der Waals surface area contributed by atoms with Gasteiger partial charge in [-0.15, -0.1) is 0 Å². The van der Waals surface area contributed by atoms with Crippen LogP contribution in [0.1, 0.15) is 31.2 Å². The normalized spacial score (nSPS) is 19.5. The van der Waals surface area contributed by atoms with Gasteiger partial charge >= 0.3 is 0 Å². The molecule has 1 amide bonds. The van der Waals surface area contributed by atoms with Gasteiger partial charge in [0.25, 0.3) is 0 Å². The summed E-state index contributed by atoms with van der Waals surface area (Å²) in [4.78, 5) is 15.8. The van der Waals surface area contributed by atoms with Crippen LogP contribution in [0, 0.1) is 5.82 Å². The maximum Gasteiger partial charge on any atom is 0.220 e. The lowest BCUT2D eigenvalue weighted by molar-refractivity contribution is -0.122. The molecule has 0 unspecified atom stereocenters. The number of fused-ring (bicyclic) bond motifs is 1. The molecule has 140 valence electrons. The van der Waals surface area contributed by atoms with Crippen LogP contribution in [0.4, 0.5) is 4.39 Å². The second-order valence-electron chi connectivity index (χ2n) is 7.20. The third-order valence-corrected chi connectivity index (χ3v) is 5.37. The topological polar surface area (TPSA) is 65.1 Å². The van der Waals surface area contributed by atoms with Gasteiger partial charge in [-0.25, -0.2) is 4.39 Å². The van der Waals surface area contributed by atoms with Crippen LogP contribution in [0.3, 0.4) is 0 Å². The molecule has 1 aliphatic carbocycles. The molecule has 3 aromatic rings. The fourth-order valence-electron chi connectivity index (χ4n) is 3.95. The molecule has 4 nitrogen and oxygen atoms in total. The molecule has 2 aromatic carbocycles. The summed E-state index contributed by atoms with van der Waals surface area (Å²) in [7, 11) is 0. The number of H-pyrrole nitrogens is 1. The molecule has 0 aliphatic heterocycles. The molecule has 1 aliphatic rings. The molecule has 5 heteroatoms. The Kier molecular flexibility index (Phi) is 4.94. The van der Waals surface area contributed by atoms with Gasteiger partial charge in [-0.1, -0.05) is 18.2 Å². The van der Waals surface area contributed by atoms with Gasteiger partial charge in [0.05, 0.1) is 12.1 Å². The van der Waals surface area contributed by atoms with E-state index in [2.05, 4.69) is 10.3 Å². The zero-order valence-electron chi connectivity index (χ0n) is 15.0. The number of rotatable bonds is 5. The first-order valence-electron chi connectivity index (χ1n) is 9.45. The zero-order valence-corrected chi connectivity index (χ0v) is 15.0. The minimum absolute atomic E-state index is 0.0451. The third kappa shape index (κ3) is 3.74. The largest absolute Gasteiger partial charge is 0.391 e. The van der Waals surface area contributed by atoms with Crippen LogP contribution >= 0.6 is 0 Å². The summed E-state index contributed by atoms with van der Waals surface area (Å²) in [6.45, 7) is 0. The maximum atomic E-state index is 13.3. The summed E-state index contributed by atoms with van der Waals surface area (Å²) >= 11 is 0. The highest BCUT2D eigenvalue weighted by atomic mass is 19.1. The van der Waals surface area contributed by atoms with Crippen molar-refractivity contribution in [2.45, 2.75) is 44.2 Å². The molecule has 3 N–H and O–H groups in total. The first-order valence-corrected chi connectivity index (χ1v) is 9.45. The van der Waals surface area contributed by atoms with E-state index in [0.717, 1.165) is 47.0 Å². The summed E-state index contributed by atoms with van der Waals surface area (Å²) in [6, 6.07) is 14.2. The van der Waals surface area contributed by atoms with E-state index in [1.165, 1.54) is 12.1 Å². The molecule has 1 fully saturated rings. The predicted molar refractivity (Wildman–Crippen MR) is 104 cm³/mol. The summed E-state index contributed by atoms with van der Waals surface area (Å²) in [5.41, 5.74) is 3.87. The quantitative estimate of drug-likeness (QED) is 0.640. The summed E-state index contributed by atoms with van der Waals surface area (Å²) < 4.78 is 13.3. The minimum atomic E-state index is -0.434. The van der Waals surface area contributed by atoms with Crippen LogP contribution in [0.5, 0.6) is 0 Å². The molecule has 4 rings (SSSR count). The van der Waals surface area contributed by atoms with Crippen LogP contribution < -0.4 is 5.32 Å². The Morgan fingerprint density at radius 1 is 1.15 bits per heavy atom. The number of aromatic amines is 1. The number of nitrogens with one attached hydrogen (secondary N) is 2. The van der Waals surface area contributed by atoms with Crippen molar-refractivity contribution >= 4 is 16.8 Å². The van der Waals surface area contributed by atoms with E-state index < -0.39 is 6.10 Å². The van der Waals surface area contributed by atoms with Crippen molar-refractivity contribution in [2.24, 2.45) is 0 Å². The van der Waals surface area contributed by atoms with Crippen molar-refractivity contribution in [3.8, 4) is 11.3 Å². The fourth-order valence-corrected chi connectivity index (χ4v) is 3.95. The Bertz CT molecular complexity index is 949. The summed E-state index contributed by atoms with van der Waals surface area (Å²) in [5, 5.41) is 13.9. The van der Waals surface area contributed by atoms with Gasteiger partial charge in [-0.05, 0) is 67.1 Å². The first-order chi connectivity index (χ1) is 13.1. The van der Waals surface area contributed by atoms with E-state index >= 15 is 0 Å². The Morgan fingerprint density at radius 2 is 1.93 bits per heavy atom. The van der Waals surface area contributed by atoms with E-state index in [-0.39, 0.29) is 17.8 Å². The number of hydrogen-bond acceptors (Lipinski definition) is 2. The Hall–Kier alpha value is -2.66. The summed E-state index contributed by atoms with van der Waals surface area (Å²) in [5.74, 6) is -0.317. The lowest BCUT2D eigenvalue weighted by atomic mass is 10.0. The molecule has 1 aromatic heterocycles. The highest BCUT2D eigenvalue weighted by molar-refractivity contribution is 5.91. The minimum Gasteiger partial charge on any atom is -0.391 e. The lowest BCUT2D eigenvalue weighted by Crippen LogP contribution is -2.39. The number of carbonyl (C=O) groups is 1. The van der Waals surface area contributed by atoms with Crippen molar-refractivity contribution in [3.63, 3.8) is 0 Å². The van der Waals surface area contributed by atoms with Gasteiger partial charge in [-0.2, -0.15) is 0 Å². The van der Waals surface area contributed by atoms with Gasteiger partial charge in [0.2, 0.25) is 5.91 Å². The predicted octanol–water partition coefficient (Wildman–Crippen LogP) is 3.94. The van der Waals surface area contributed by atoms with E-state index in [4.69, 9.17) is 0 Å². The standard InChI is InChI=1S/C22H23FN2O2/c23-15-10-8-14(9-11-15)22-17(16-4-1-2-5-18(16)25-22)12-13-21(27)24-19-6-3-7-20(19)26/h1-2,4-5,8-11,19-20,25-26H,3,6-7,12-13H2,(H,24,27)/t19-,20-/m1/s1. The molecular formula is C22H23FN2O2. The number of benzene rings is 2. The molecular weight excluding hydrogens is 343 g/mol. The van der Waals surface area contributed by atoms with Gasteiger partial charge in [0.1, 0.15) is 5.82 Å². The molecule has 0 saturated heterocycles. The van der Waals surface area contributed by atoms with Crippen molar-refractivity contribution in [1.82, 2.24) is 10.3 Å². The SMILES string of the molecule is O=C(CCc1c(-c2ccc(F)cc2)[nH]c2ccccc12)N[C@@H]1CCC[C@H]1O. The van der Waals surface area contributed by atoms with Crippen molar-refractivity contribution in [1.29, 1.82) is 0 Å². The van der Waals surface area contributed by atoms with Crippen LogP contribution in [-0.2, 0) is 11.2 Å². The maximum absolute atomic E-state index is 13.3. The lowest BCUT2D eigenvalue weighted by Gasteiger charge is -2.16. The van der Waals surface area contributed by atoms with E-state index in [1.807, 2.05) is 24.3 Å². The number of aromatic nitrogens is 1. The van der Waals surface area contributed by atoms with Crippen molar-refractivity contribution in [3.05, 3.63) is 59.9 Å². The Morgan fingerprint density at radius 3 is 2.67 bits per heavy atom. The van der Waals surface area contributed by atoms with Gasteiger partial charge in [-0.3, -0.25) is 4.79 Å². The molecule has 1 heterocycles. The molecule has 0 spiro atoms. The van der Waals surface area contributed by atoms with Gasteiger partial charge < -0.3 is 15.4 Å². The molecule has 2 atom stereocenters. The molecule has 1 saturated carbocycles. The van der Waals surface area contributed by atoms with Gasteiger partial charge in [0.15, 0.2) is 0 Å². The van der Waals surface area contributed by atoms with Crippen molar-refractivity contribution < 1.29 is 14.3 Å². The second kappa shape index (κ2) is 7.53. The van der Waals surface area contributed by atoms with Crippen LogP contribution in [0.2, 0.25) is 0 Å². The zero-order chi connectivity index (χ0) is 18.8. The highest BCUT2D eigenvalue weighted by Gasteiger charge is 2.26. The number of para-hydroxylation sites is 1. The number of halogens is 1. The summed E-state index contributed by atoms with van der Waals surface area (Å²) in [6.07, 6.45) is 3.02. The molecule has 27 heavy (non-hydrogen) atoms. The Labute approximate surface area is 157 Å². The van der Waals surface area contributed by atoms with Crippen LogP contribution in [-0.4, -0.2) is 28.1 Å². The van der Waals surface area contributed by atoms with Crippen molar-refractivity contribution in [2.75, 3.05) is 0 Å². The average molecular weight is 366 g/mol. The number of aliphatic hydroxyl groups excluding tert-OH is 1. The van der Waals surface area contributed by atoms with Crippen LogP contribution in [0.15, 0.2) is 48.5 Å². The Balaban J connectivity index is 1.57. The number of hydrogen-bond donors (Lipinski definition) is 3. The number of amides is 1. The average Bonchev–Trinajstić information content (AvgIpc) is 3.24. The van der Waals surface area contributed by atoms with E-state index in [1.54, 1.807) is 12.1 Å². The fraction of sp³-hybridized carbons (Fsp3) is 0.318. The van der Waals surface area contributed by atoms with Gasteiger partial charge in [0, 0.05) is 23.0 Å². The van der Waals surface area contributed by atoms with E-state index in [9.17, 15) is 14.3 Å². The highest BCUT2D eigenvalue weighted by Crippen LogP contribution is 2.31. The third-order valence-electron chi connectivity index (χ3n) is 5.37.